The average molecular weight is 582 g/mol. The van der Waals surface area contributed by atoms with Gasteiger partial charge in [0.15, 0.2) is 5.82 Å². The Balaban J connectivity index is 1.56. The van der Waals surface area contributed by atoms with E-state index in [0.29, 0.717) is 5.56 Å². The van der Waals surface area contributed by atoms with Crippen LogP contribution in [-0.4, -0.2) is 43.8 Å². The number of aromatic nitrogens is 3. The maximum absolute atomic E-state index is 12.6. The fourth-order valence-electron chi connectivity index (χ4n) is 3.25. The molecule has 4 aromatic rings. The Morgan fingerprint density at radius 2 is 0.975 bits per heavy atom. The molecule has 0 fully saturated rings. The van der Waals surface area contributed by atoms with E-state index in [-0.39, 0.29) is 15.6 Å². The van der Waals surface area contributed by atoms with Gasteiger partial charge in [-0.3, -0.25) is 10.6 Å². The highest BCUT2D eigenvalue weighted by Gasteiger charge is 2.21. The van der Waals surface area contributed by atoms with Crippen molar-refractivity contribution in [1.82, 2.24) is 24.4 Å². The first-order valence-electron chi connectivity index (χ1n) is 11.5. The van der Waals surface area contributed by atoms with Crippen LogP contribution in [0.15, 0.2) is 88.7 Å². The van der Waals surface area contributed by atoms with Gasteiger partial charge in [-0.1, -0.05) is 65.7 Å². The lowest BCUT2D eigenvalue weighted by molar-refractivity contribution is 0.255. The van der Waals surface area contributed by atoms with Gasteiger partial charge in [0.1, 0.15) is 0 Å². The number of hydrogen-bond acceptors (Lipinski definition) is 9. The first-order valence-corrected chi connectivity index (χ1v) is 14.5. The van der Waals surface area contributed by atoms with Crippen LogP contribution in [0.4, 0.5) is 21.5 Å². The number of aryl methyl sites for hydroxylation is 2. The first-order chi connectivity index (χ1) is 18.9. The summed E-state index contributed by atoms with van der Waals surface area (Å²) in [7, 11) is -8.43. The van der Waals surface area contributed by atoms with Gasteiger partial charge in [0.25, 0.3) is 20.0 Å². The molecule has 15 heteroatoms. The van der Waals surface area contributed by atoms with Gasteiger partial charge in [0.2, 0.25) is 11.9 Å². The quantitative estimate of drug-likeness (QED) is 0.254. The summed E-state index contributed by atoms with van der Waals surface area (Å²) in [6, 6.07) is 17.7. The Morgan fingerprint density at radius 1 is 0.575 bits per heavy atom. The number of sulfonamides is 2. The third-order valence-corrected chi connectivity index (χ3v) is 7.93. The van der Waals surface area contributed by atoms with Gasteiger partial charge in [-0.05, 0) is 38.1 Å². The molecule has 0 saturated carbocycles. The molecule has 0 unspecified atom stereocenters. The first kappa shape index (κ1) is 28.1. The summed E-state index contributed by atoms with van der Waals surface area (Å²) in [5, 5.41) is 4.40. The van der Waals surface area contributed by atoms with E-state index < -0.39 is 44.0 Å². The summed E-state index contributed by atoms with van der Waals surface area (Å²) >= 11 is 0. The standard InChI is InChI=1S/C25H23N7O6S2/c1-16-8-12-19(13-9-16)39(35,36)31-24(33)29-22-26-21(18-6-4-3-5-7-18)27-23(28-22)30-25(34)32-40(37,38)20-14-10-17(2)11-15-20/h3-15H,1-2H3,(H4,26,27,28,29,30,31,32,33,34). The van der Waals surface area contributed by atoms with Crippen LogP contribution in [0.2, 0.25) is 0 Å². The van der Waals surface area contributed by atoms with E-state index in [9.17, 15) is 26.4 Å². The van der Waals surface area contributed by atoms with E-state index in [1.165, 1.54) is 24.3 Å². The minimum Gasteiger partial charge on any atom is -0.275 e. The number of amides is 4. The lowest BCUT2D eigenvalue weighted by Crippen LogP contribution is -2.36. The van der Waals surface area contributed by atoms with Gasteiger partial charge < -0.3 is 0 Å². The highest BCUT2D eigenvalue weighted by molar-refractivity contribution is 7.90. The zero-order valence-electron chi connectivity index (χ0n) is 21.1. The number of urea groups is 2. The largest absolute Gasteiger partial charge is 0.335 e. The number of carbonyl (C=O) groups is 2. The topological polar surface area (TPSA) is 189 Å². The molecular formula is C25H23N7O6S2. The van der Waals surface area contributed by atoms with Gasteiger partial charge in [0, 0.05) is 5.56 Å². The molecular weight excluding hydrogens is 558 g/mol. The molecule has 0 aliphatic heterocycles. The molecule has 0 bridgehead atoms. The van der Waals surface area contributed by atoms with Crippen LogP contribution < -0.4 is 20.1 Å². The lowest BCUT2D eigenvalue weighted by Gasteiger charge is -2.11. The number of carbonyl (C=O) groups excluding carboxylic acids is 2. The molecule has 4 N–H and O–H groups in total. The second kappa shape index (κ2) is 11.5. The average Bonchev–Trinajstić information content (AvgIpc) is 2.89. The highest BCUT2D eigenvalue weighted by atomic mass is 32.2. The molecule has 13 nitrogen and oxygen atoms in total. The fraction of sp³-hybridized carbons (Fsp3) is 0.0800. The number of anilines is 2. The van der Waals surface area contributed by atoms with Crippen LogP contribution in [0.5, 0.6) is 0 Å². The highest BCUT2D eigenvalue weighted by Crippen LogP contribution is 2.18. The van der Waals surface area contributed by atoms with E-state index in [4.69, 9.17) is 0 Å². The smallest absolute Gasteiger partial charge is 0.275 e. The molecule has 1 aromatic heterocycles. The molecule has 206 valence electrons. The van der Waals surface area contributed by atoms with Crippen LogP contribution in [0.1, 0.15) is 11.1 Å². The molecule has 0 atom stereocenters. The Labute approximate surface area is 230 Å². The molecule has 4 amide bonds. The molecule has 0 aliphatic rings. The van der Waals surface area contributed by atoms with Crippen molar-refractivity contribution in [2.24, 2.45) is 0 Å². The zero-order valence-corrected chi connectivity index (χ0v) is 22.7. The SMILES string of the molecule is Cc1ccc(S(=O)(=O)NC(=O)Nc2nc(NC(=O)NS(=O)(=O)c3ccc(C)cc3)nc(-c3ccccc3)n2)cc1. The van der Waals surface area contributed by atoms with Crippen LogP contribution in [0.3, 0.4) is 0 Å². The van der Waals surface area contributed by atoms with Crippen molar-refractivity contribution in [3.63, 3.8) is 0 Å². The maximum atomic E-state index is 12.6. The van der Waals surface area contributed by atoms with Crippen molar-refractivity contribution in [2.75, 3.05) is 10.6 Å². The third kappa shape index (κ3) is 7.15. The molecule has 1 heterocycles. The summed E-state index contributed by atoms with van der Waals surface area (Å²) < 4.78 is 54.0. The van der Waals surface area contributed by atoms with Gasteiger partial charge in [-0.2, -0.15) is 15.0 Å². The zero-order chi connectivity index (χ0) is 28.9. The Kier molecular flexibility index (Phi) is 8.06. The fourth-order valence-corrected chi connectivity index (χ4v) is 5.07. The van der Waals surface area contributed by atoms with Crippen LogP contribution in [0.25, 0.3) is 11.4 Å². The van der Waals surface area contributed by atoms with Gasteiger partial charge in [-0.15, -0.1) is 0 Å². The van der Waals surface area contributed by atoms with Gasteiger partial charge in [0.05, 0.1) is 9.79 Å². The van der Waals surface area contributed by atoms with Crippen molar-refractivity contribution in [2.45, 2.75) is 23.6 Å². The third-order valence-electron chi connectivity index (χ3n) is 5.23. The number of nitrogens with one attached hydrogen (secondary N) is 4. The van der Waals surface area contributed by atoms with E-state index in [0.717, 1.165) is 11.1 Å². The normalized spacial score (nSPS) is 11.3. The van der Waals surface area contributed by atoms with Crippen LogP contribution in [0, 0.1) is 13.8 Å². The minimum absolute atomic E-state index is 0.00369. The van der Waals surface area contributed by atoms with Crippen molar-refractivity contribution < 1.29 is 26.4 Å². The Bertz CT molecular complexity index is 1650. The molecule has 0 saturated heterocycles. The van der Waals surface area contributed by atoms with E-state index in [1.807, 2.05) is 9.44 Å². The number of nitrogens with zero attached hydrogens (tertiary/aromatic N) is 3. The predicted molar refractivity (Wildman–Crippen MR) is 146 cm³/mol. The summed E-state index contributed by atoms with van der Waals surface area (Å²) in [6.07, 6.45) is 0. The second-order valence-electron chi connectivity index (χ2n) is 8.42. The maximum Gasteiger partial charge on any atom is 0.335 e. The number of benzene rings is 3. The van der Waals surface area contributed by atoms with Crippen LogP contribution >= 0.6 is 0 Å². The van der Waals surface area contributed by atoms with E-state index in [1.54, 1.807) is 68.4 Å². The summed E-state index contributed by atoms with van der Waals surface area (Å²) in [5.74, 6) is -0.826. The van der Waals surface area contributed by atoms with Gasteiger partial charge in [-0.25, -0.2) is 35.9 Å². The number of hydrogen-bond donors (Lipinski definition) is 4. The molecule has 4 rings (SSSR count). The Morgan fingerprint density at radius 3 is 1.38 bits per heavy atom. The number of rotatable bonds is 7. The predicted octanol–water partition coefficient (Wildman–Crippen LogP) is 3.18. The summed E-state index contributed by atoms with van der Waals surface area (Å²) in [4.78, 5) is 36.9. The molecule has 40 heavy (non-hydrogen) atoms. The van der Waals surface area contributed by atoms with E-state index >= 15 is 0 Å². The summed E-state index contributed by atoms with van der Waals surface area (Å²) in [6.45, 7) is 3.57. The lowest BCUT2D eigenvalue weighted by atomic mass is 10.2. The van der Waals surface area contributed by atoms with Crippen molar-refractivity contribution in [3.8, 4) is 11.4 Å². The molecule has 0 radical (unpaired) electrons. The molecule has 3 aromatic carbocycles. The summed E-state index contributed by atoms with van der Waals surface area (Å²) in [5.41, 5.74) is 2.13. The molecule has 0 aliphatic carbocycles. The monoisotopic (exact) mass is 581 g/mol. The minimum atomic E-state index is -4.22. The Hall–Kier alpha value is -4.89. The molecule has 0 spiro atoms. The van der Waals surface area contributed by atoms with Crippen molar-refractivity contribution in [1.29, 1.82) is 0 Å². The second-order valence-corrected chi connectivity index (χ2v) is 11.8. The van der Waals surface area contributed by atoms with Crippen molar-refractivity contribution in [3.05, 3.63) is 90.0 Å². The van der Waals surface area contributed by atoms with E-state index in [2.05, 4.69) is 25.6 Å². The van der Waals surface area contributed by atoms with Gasteiger partial charge >= 0.3 is 12.1 Å². The van der Waals surface area contributed by atoms with Crippen molar-refractivity contribution >= 4 is 44.0 Å². The van der Waals surface area contributed by atoms with Crippen LogP contribution in [-0.2, 0) is 20.0 Å².